The zero-order valence-corrected chi connectivity index (χ0v) is 16.6. The zero-order valence-electron chi connectivity index (χ0n) is 16.6. The molecule has 0 spiro atoms. The van der Waals surface area contributed by atoms with Crippen LogP contribution in [0.5, 0.6) is 0 Å². The molecular formula is C20H21F3N6O2. The highest BCUT2D eigenvalue weighted by Crippen LogP contribution is 2.29. The molecule has 0 radical (unpaired) electrons. The van der Waals surface area contributed by atoms with Gasteiger partial charge in [-0.1, -0.05) is 12.1 Å². The van der Waals surface area contributed by atoms with Gasteiger partial charge in [-0.2, -0.15) is 23.1 Å². The number of hydrogen-bond acceptors (Lipinski definition) is 7. The molecule has 2 aliphatic heterocycles. The number of rotatable bonds is 3. The highest BCUT2D eigenvalue weighted by Gasteiger charge is 2.43. The van der Waals surface area contributed by atoms with Crippen molar-refractivity contribution in [2.45, 2.75) is 12.3 Å². The van der Waals surface area contributed by atoms with Crippen LogP contribution in [-0.4, -0.2) is 77.8 Å². The molecule has 11 heteroatoms. The highest BCUT2D eigenvalue weighted by molar-refractivity contribution is 5.76. The van der Waals surface area contributed by atoms with E-state index in [-0.39, 0.29) is 13.2 Å². The highest BCUT2D eigenvalue weighted by atomic mass is 19.4. The van der Waals surface area contributed by atoms with Crippen molar-refractivity contribution >= 4 is 22.7 Å². The fourth-order valence-electron chi connectivity index (χ4n) is 3.81. The second-order valence-corrected chi connectivity index (χ2v) is 7.43. The fourth-order valence-corrected chi connectivity index (χ4v) is 3.81. The summed E-state index contributed by atoms with van der Waals surface area (Å²) in [4.78, 5) is 17.4. The van der Waals surface area contributed by atoms with Gasteiger partial charge >= 0.3 is 6.18 Å². The molecule has 2 saturated heterocycles. The van der Waals surface area contributed by atoms with Gasteiger partial charge in [-0.3, -0.25) is 4.57 Å². The summed E-state index contributed by atoms with van der Waals surface area (Å²) >= 11 is 0. The lowest BCUT2D eigenvalue weighted by Gasteiger charge is -2.35. The van der Waals surface area contributed by atoms with Crippen LogP contribution in [0, 0.1) is 0 Å². The third-order valence-electron chi connectivity index (χ3n) is 5.45. The molecule has 3 aromatic rings. The van der Waals surface area contributed by atoms with Gasteiger partial charge in [0.15, 0.2) is 6.10 Å². The molecule has 2 aromatic heterocycles. The number of halogens is 3. The van der Waals surface area contributed by atoms with E-state index >= 15 is 0 Å². The first-order chi connectivity index (χ1) is 15.0. The van der Waals surface area contributed by atoms with Crippen LogP contribution in [0.3, 0.4) is 0 Å². The summed E-state index contributed by atoms with van der Waals surface area (Å²) in [6.45, 7) is 2.41. The number of ether oxygens (including phenoxy) is 2. The number of morpholine rings is 2. The SMILES string of the molecule is FC(F)(F)C1CN(c2cc(N3CCOCC3)nc(-n3cnc4ccccc43)n2)CCO1. The Hall–Kier alpha value is -2.92. The molecule has 5 rings (SSSR count). The zero-order chi connectivity index (χ0) is 21.4. The number of benzene rings is 1. The lowest BCUT2D eigenvalue weighted by atomic mass is 10.2. The molecule has 4 heterocycles. The standard InChI is InChI=1S/C20H21F3N6O2/c21-20(22,23)16-12-28(7-10-31-16)18-11-17(27-5-8-30-9-6-27)25-19(26-18)29-13-24-14-3-1-2-4-15(14)29/h1-4,11,13,16H,5-10,12H2. The predicted molar refractivity (Wildman–Crippen MR) is 108 cm³/mol. The van der Waals surface area contributed by atoms with Crippen molar-refractivity contribution in [3.8, 4) is 5.95 Å². The van der Waals surface area contributed by atoms with Gasteiger partial charge in [0, 0.05) is 25.7 Å². The largest absolute Gasteiger partial charge is 0.416 e. The van der Waals surface area contributed by atoms with Crippen LogP contribution in [0.2, 0.25) is 0 Å². The van der Waals surface area contributed by atoms with Crippen molar-refractivity contribution < 1.29 is 22.6 Å². The van der Waals surface area contributed by atoms with Gasteiger partial charge in [0.2, 0.25) is 5.95 Å². The lowest BCUT2D eigenvalue weighted by Crippen LogP contribution is -2.49. The minimum absolute atomic E-state index is 0.0234. The van der Waals surface area contributed by atoms with Crippen molar-refractivity contribution in [1.29, 1.82) is 0 Å². The lowest BCUT2D eigenvalue weighted by molar-refractivity contribution is -0.221. The maximum Gasteiger partial charge on any atom is 0.416 e. The summed E-state index contributed by atoms with van der Waals surface area (Å²) in [7, 11) is 0. The summed E-state index contributed by atoms with van der Waals surface area (Å²) < 4.78 is 51.9. The number of alkyl halides is 3. The molecule has 0 bridgehead atoms. The molecule has 0 saturated carbocycles. The number of fused-ring (bicyclic) bond motifs is 1. The predicted octanol–water partition coefficient (Wildman–Crippen LogP) is 2.42. The monoisotopic (exact) mass is 434 g/mol. The molecule has 2 fully saturated rings. The minimum atomic E-state index is -4.43. The first-order valence-corrected chi connectivity index (χ1v) is 10.1. The van der Waals surface area contributed by atoms with E-state index in [2.05, 4.69) is 14.9 Å². The summed E-state index contributed by atoms with van der Waals surface area (Å²) in [5, 5.41) is 0. The van der Waals surface area contributed by atoms with E-state index in [1.54, 1.807) is 21.9 Å². The first-order valence-electron chi connectivity index (χ1n) is 10.1. The van der Waals surface area contributed by atoms with Crippen molar-refractivity contribution in [2.75, 3.05) is 55.8 Å². The van der Waals surface area contributed by atoms with E-state index in [9.17, 15) is 13.2 Å². The van der Waals surface area contributed by atoms with Gasteiger partial charge in [-0.15, -0.1) is 0 Å². The molecule has 164 valence electrons. The van der Waals surface area contributed by atoms with Crippen molar-refractivity contribution in [2.24, 2.45) is 0 Å². The summed E-state index contributed by atoms with van der Waals surface area (Å²) in [6.07, 6.45) is -4.65. The Morgan fingerprint density at radius 3 is 2.42 bits per heavy atom. The average molecular weight is 434 g/mol. The Morgan fingerprint density at radius 2 is 1.65 bits per heavy atom. The molecule has 1 aromatic carbocycles. The number of hydrogen-bond donors (Lipinski definition) is 0. The fraction of sp³-hybridized carbons (Fsp3) is 0.450. The topological polar surface area (TPSA) is 68.5 Å². The molecule has 1 atom stereocenters. The van der Waals surface area contributed by atoms with Crippen molar-refractivity contribution in [3.05, 3.63) is 36.7 Å². The van der Waals surface area contributed by atoms with Crippen LogP contribution in [0.25, 0.3) is 17.0 Å². The number of aromatic nitrogens is 4. The smallest absolute Gasteiger partial charge is 0.378 e. The maximum atomic E-state index is 13.3. The van der Waals surface area contributed by atoms with Crippen LogP contribution in [0.4, 0.5) is 24.8 Å². The molecule has 31 heavy (non-hydrogen) atoms. The third-order valence-corrected chi connectivity index (χ3v) is 5.45. The van der Waals surface area contributed by atoms with Crippen LogP contribution in [0.15, 0.2) is 36.7 Å². The molecule has 0 N–H and O–H groups in total. The van der Waals surface area contributed by atoms with Gasteiger partial charge < -0.3 is 19.3 Å². The van der Waals surface area contributed by atoms with Gasteiger partial charge in [0.1, 0.15) is 18.0 Å². The Bertz CT molecular complexity index is 1070. The number of nitrogens with zero attached hydrogens (tertiary/aromatic N) is 6. The third kappa shape index (κ3) is 4.02. The van der Waals surface area contributed by atoms with E-state index in [0.717, 1.165) is 11.0 Å². The quantitative estimate of drug-likeness (QED) is 0.627. The van der Waals surface area contributed by atoms with Gasteiger partial charge in [0.25, 0.3) is 0 Å². The summed E-state index contributed by atoms with van der Waals surface area (Å²) in [5.74, 6) is 1.45. The second-order valence-electron chi connectivity index (χ2n) is 7.43. The van der Waals surface area contributed by atoms with E-state index in [0.29, 0.717) is 50.4 Å². The summed E-state index contributed by atoms with van der Waals surface area (Å²) in [5.41, 5.74) is 1.61. The second kappa shape index (κ2) is 7.97. The first kappa shape index (κ1) is 20.0. The number of imidazole rings is 1. The van der Waals surface area contributed by atoms with E-state index in [1.165, 1.54) is 0 Å². The minimum Gasteiger partial charge on any atom is -0.378 e. The summed E-state index contributed by atoms with van der Waals surface area (Å²) in [6, 6.07) is 9.31. The van der Waals surface area contributed by atoms with Gasteiger partial charge in [-0.25, -0.2) is 4.98 Å². The van der Waals surface area contributed by atoms with Crippen LogP contribution < -0.4 is 9.80 Å². The maximum absolute atomic E-state index is 13.3. The Morgan fingerprint density at radius 1 is 0.935 bits per heavy atom. The van der Waals surface area contributed by atoms with E-state index in [1.807, 2.05) is 24.3 Å². The van der Waals surface area contributed by atoms with E-state index in [4.69, 9.17) is 14.5 Å². The molecule has 0 amide bonds. The van der Waals surface area contributed by atoms with E-state index < -0.39 is 12.3 Å². The normalized spacial score (nSPS) is 20.4. The Balaban J connectivity index is 1.56. The van der Waals surface area contributed by atoms with Crippen LogP contribution >= 0.6 is 0 Å². The Kier molecular flexibility index (Phi) is 5.14. The molecular weight excluding hydrogens is 413 g/mol. The van der Waals surface area contributed by atoms with Crippen LogP contribution in [0.1, 0.15) is 0 Å². The van der Waals surface area contributed by atoms with Crippen LogP contribution in [-0.2, 0) is 9.47 Å². The Labute approximate surface area is 176 Å². The molecule has 1 unspecified atom stereocenters. The van der Waals surface area contributed by atoms with Gasteiger partial charge in [0.05, 0.1) is 37.4 Å². The van der Waals surface area contributed by atoms with Gasteiger partial charge in [-0.05, 0) is 12.1 Å². The average Bonchev–Trinajstić information content (AvgIpc) is 3.23. The van der Waals surface area contributed by atoms with Crippen molar-refractivity contribution in [1.82, 2.24) is 19.5 Å². The number of anilines is 2. The van der Waals surface area contributed by atoms with Crippen molar-refractivity contribution in [3.63, 3.8) is 0 Å². The number of para-hydroxylation sites is 2. The molecule has 8 nitrogen and oxygen atoms in total. The molecule has 0 aliphatic carbocycles. The molecule has 2 aliphatic rings.